The number of rotatable bonds is 12. The minimum atomic E-state index is -2.02. The summed E-state index contributed by atoms with van der Waals surface area (Å²) in [6, 6.07) is 0. The number of aliphatic hydroxyl groups is 2. The summed E-state index contributed by atoms with van der Waals surface area (Å²) in [5.74, 6) is -1.85. The molecule has 0 bridgehead atoms. The molecule has 0 aliphatic heterocycles. The summed E-state index contributed by atoms with van der Waals surface area (Å²) in [5, 5.41) is 18.7. The van der Waals surface area contributed by atoms with Gasteiger partial charge in [-0.2, -0.15) is 0 Å². The van der Waals surface area contributed by atoms with E-state index in [9.17, 15) is 19.8 Å². The lowest BCUT2D eigenvalue weighted by Gasteiger charge is -2.25. The summed E-state index contributed by atoms with van der Waals surface area (Å²) < 4.78 is 9.96. The summed E-state index contributed by atoms with van der Waals surface area (Å²) in [6.07, 6.45) is 5.12. The van der Waals surface area contributed by atoms with E-state index in [4.69, 9.17) is 9.47 Å². The van der Waals surface area contributed by atoms with E-state index in [-0.39, 0.29) is 13.2 Å². The van der Waals surface area contributed by atoms with Crippen LogP contribution in [0.4, 0.5) is 0 Å². The molecule has 0 unspecified atom stereocenters. The molecule has 0 saturated carbocycles. The Balaban J connectivity index is 4.50. The minimum absolute atomic E-state index is 0.164. The third kappa shape index (κ3) is 6.44. The first kappa shape index (κ1) is 19.9. The van der Waals surface area contributed by atoms with Gasteiger partial charge in [0, 0.05) is 0 Å². The molecule has 0 aliphatic carbocycles. The fourth-order valence-electron chi connectivity index (χ4n) is 1.70. The van der Waals surface area contributed by atoms with Crippen molar-refractivity contribution in [1.29, 1.82) is 0 Å². The van der Waals surface area contributed by atoms with Gasteiger partial charge in [-0.1, -0.05) is 39.5 Å². The van der Waals surface area contributed by atoms with Crippen LogP contribution in [0, 0.1) is 5.41 Å². The predicted molar refractivity (Wildman–Crippen MR) is 77.6 cm³/mol. The zero-order valence-corrected chi connectivity index (χ0v) is 13.1. The molecule has 0 aliphatic rings. The van der Waals surface area contributed by atoms with Gasteiger partial charge in [-0.25, -0.2) is 0 Å². The predicted octanol–water partition coefficient (Wildman–Crippen LogP) is 1.42. The first-order valence-corrected chi connectivity index (χ1v) is 7.65. The number of hydrogen-bond acceptors (Lipinski definition) is 6. The molecule has 0 rings (SSSR count). The highest BCUT2D eigenvalue weighted by Crippen LogP contribution is 2.21. The van der Waals surface area contributed by atoms with Crippen LogP contribution < -0.4 is 0 Å². The van der Waals surface area contributed by atoms with Crippen molar-refractivity contribution >= 4 is 11.9 Å². The van der Waals surface area contributed by atoms with Crippen LogP contribution in [-0.2, 0) is 19.1 Å². The molecule has 21 heavy (non-hydrogen) atoms. The van der Waals surface area contributed by atoms with Gasteiger partial charge < -0.3 is 19.7 Å². The molecule has 0 fully saturated rings. The molecule has 0 heterocycles. The SMILES string of the molecule is CCCCCOC(=O)C(CO)(CO)C(=O)OCCCCC. The van der Waals surface area contributed by atoms with Crippen molar-refractivity contribution in [2.45, 2.75) is 52.4 Å². The van der Waals surface area contributed by atoms with Crippen LogP contribution in [0.1, 0.15) is 52.4 Å². The van der Waals surface area contributed by atoms with Gasteiger partial charge >= 0.3 is 11.9 Å². The Morgan fingerprint density at radius 1 is 0.810 bits per heavy atom. The van der Waals surface area contributed by atoms with Gasteiger partial charge in [-0.15, -0.1) is 0 Å². The van der Waals surface area contributed by atoms with E-state index in [0.717, 1.165) is 25.7 Å². The molecule has 0 radical (unpaired) electrons. The number of aliphatic hydroxyl groups excluding tert-OH is 2. The molecule has 0 aromatic carbocycles. The number of hydrogen-bond donors (Lipinski definition) is 2. The van der Waals surface area contributed by atoms with Gasteiger partial charge in [0.25, 0.3) is 0 Å². The van der Waals surface area contributed by atoms with Crippen molar-refractivity contribution in [2.24, 2.45) is 5.41 Å². The van der Waals surface area contributed by atoms with Gasteiger partial charge in [-0.3, -0.25) is 9.59 Å². The molecular weight excluding hydrogens is 276 g/mol. The molecule has 0 atom stereocenters. The monoisotopic (exact) mass is 304 g/mol. The molecule has 0 aromatic rings. The summed E-state index contributed by atoms with van der Waals surface area (Å²) in [6.45, 7) is 2.70. The third-order valence-corrected chi connectivity index (χ3v) is 3.28. The largest absolute Gasteiger partial charge is 0.465 e. The summed E-state index contributed by atoms with van der Waals surface area (Å²) in [5.41, 5.74) is -2.02. The Hall–Kier alpha value is -1.14. The third-order valence-electron chi connectivity index (χ3n) is 3.28. The maximum atomic E-state index is 12.0. The first-order chi connectivity index (χ1) is 10.1. The van der Waals surface area contributed by atoms with Crippen molar-refractivity contribution in [1.82, 2.24) is 0 Å². The van der Waals surface area contributed by atoms with E-state index in [1.807, 2.05) is 13.8 Å². The number of carbonyl (C=O) groups is 2. The number of carbonyl (C=O) groups excluding carboxylic acids is 2. The van der Waals surface area contributed by atoms with Crippen LogP contribution in [0.15, 0.2) is 0 Å². The second kappa shape index (κ2) is 11.5. The van der Waals surface area contributed by atoms with Crippen molar-refractivity contribution in [2.75, 3.05) is 26.4 Å². The molecule has 6 heteroatoms. The Kier molecular flexibility index (Phi) is 10.9. The minimum Gasteiger partial charge on any atom is -0.465 e. The Bertz CT molecular complexity index is 273. The first-order valence-electron chi connectivity index (χ1n) is 7.65. The van der Waals surface area contributed by atoms with Crippen LogP contribution in [0.5, 0.6) is 0 Å². The standard InChI is InChI=1S/C15H28O6/c1-3-5-7-9-20-13(18)15(11-16,12-17)14(19)21-10-8-6-4-2/h16-17H,3-12H2,1-2H3. The lowest BCUT2D eigenvalue weighted by atomic mass is 9.90. The van der Waals surface area contributed by atoms with Gasteiger partial charge in [0.15, 0.2) is 0 Å². The zero-order chi connectivity index (χ0) is 16.1. The lowest BCUT2D eigenvalue weighted by molar-refractivity contribution is -0.179. The van der Waals surface area contributed by atoms with Crippen molar-refractivity contribution in [3.05, 3.63) is 0 Å². The van der Waals surface area contributed by atoms with E-state index < -0.39 is 30.6 Å². The van der Waals surface area contributed by atoms with Crippen molar-refractivity contribution in [3.63, 3.8) is 0 Å². The molecule has 0 saturated heterocycles. The summed E-state index contributed by atoms with van der Waals surface area (Å²) in [4.78, 5) is 24.0. The quantitative estimate of drug-likeness (QED) is 0.322. The van der Waals surface area contributed by atoms with Crippen molar-refractivity contribution < 1.29 is 29.3 Å². The van der Waals surface area contributed by atoms with Gasteiger partial charge in [0.1, 0.15) is 0 Å². The van der Waals surface area contributed by atoms with E-state index in [1.165, 1.54) is 0 Å². The molecule has 0 amide bonds. The summed E-state index contributed by atoms with van der Waals surface area (Å²) >= 11 is 0. The number of esters is 2. The smallest absolute Gasteiger partial charge is 0.328 e. The molecule has 0 spiro atoms. The number of ether oxygens (including phenoxy) is 2. The average molecular weight is 304 g/mol. The highest BCUT2D eigenvalue weighted by atomic mass is 16.6. The fourth-order valence-corrected chi connectivity index (χ4v) is 1.70. The highest BCUT2D eigenvalue weighted by molar-refractivity contribution is 6.00. The van der Waals surface area contributed by atoms with E-state index in [1.54, 1.807) is 0 Å². The normalized spacial score (nSPS) is 11.2. The molecular formula is C15H28O6. The van der Waals surface area contributed by atoms with E-state index in [2.05, 4.69) is 0 Å². The maximum Gasteiger partial charge on any atom is 0.328 e. The van der Waals surface area contributed by atoms with Gasteiger partial charge in [-0.05, 0) is 12.8 Å². The average Bonchev–Trinajstić information content (AvgIpc) is 2.50. The van der Waals surface area contributed by atoms with Crippen LogP contribution >= 0.6 is 0 Å². The second-order valence-electron chi connectivity index (χ2n) is 5.08. The summed E-state index contributed by atoms with van der Waals surface area (Å²) in [7, 11) is 0. The molecule has 2 N–H and O–H groups in total. The molecule has 6 nitrogen and oxygen atoms in total. The Labute approximate surface area is 126 Å². The second-order valence-corrected chi connectivity index (χ2v) is 5.08. The van der Waals surface area contributed by atoms with Crippen LogP contribution in [0.2, 0.25) is 0 Å². The van der Waals surface area contributed by atoms with E-state index >= 15 is 0 Å². The van der Waals surface area contributed by atoms with Crippen LogP contribution in [-0.4, -0.2) is 48.6 Å². The Morgan fingerprint density at radius 2 is 1.19 bits per heavy atom. The van der Waals surface area contributed by atoms with Crippen molar-refractivity contribution in [3.8, 4) is 0 Å². The van der Waals surface area contributed by atoms with E-state index in [0.29, 0.717) is 12.8 Å². The van der Waals surface area contributed by atoms with Gasteiger partial charge in [0.05, 0.1) is 26.4 Å². The molecule has 0 aromatic heterocycles. The Morgan fingerprint density at radius 3 is 1.48 bits per heavy atom. The van der Waals surface area contributed by atoms with Gasteiger partial charge in [0.2, 0.25) is 5.41 Å². The lowest BCUT2D eigenvalue weighted by Crippen LogP contribution is -2.48. The highest BCUT2D eigenvalue weighted by Gasteiger charge is 2.48. The maximum absolute atomic E-state index is 12.0. The van der Waals surface area contributed by atoms with Crippen LogP contribution in [0.3, 0.4) is 0 Å². The fraction of sp³-hybridized carbons (Fsp3) is 0.867. The van der Waals surface area contributed by atoms with Crippen LogP contribution in [0.25, 0.3) is 0 Å². The zero-order valence-electron chi connectivity index (χ0n) is 13.1. The molecule has 124 valence electrons. The topological polar surface area (TPSA) is 93.1 Å². The number of unbranched alkanes of at least 4 members (excludes halogenated alkanes) is 4.